The second-order valence-electron chi connectivity index (χ2n) is 4.39. The fraction of sp³-hybridized carbons (Fsp3) is 0.417. The van der Waals surface area contributed by atoms with Crippen LogP contribution in [0.1, 0.15) is 20.3 Å². The maximum atomic E-state index is 11.7. The monoisotopic (exact) mass is 336 g/mol. The molecule has 0 unspecified atom stereocenters. The first kappa shape index (κ1) is 17.2. The lowest BCUT2D eigenvalue weighted by Gasteiger charge is -2.14. The molecule has 6 heteroatoms. The van der Waals surface area contributed by atoms with Crippen LogP contribution < -0.4 is 11.1 Å². The lowest BCUT2D eigenvalue weighted by Crippen LogP contribution is -2.36. The van der Waals surface area contributed by atoms with E-state index in [0.717, 1.165) is 4.47 Å². The van der Waals surface area contributed by atoms with Gasteiger partial charge in [0.1, 0.15) is 5.75 Å². The molecule has 0 bridgehead atoms. The molecule has 0 aliphatic heterocycles. The molecule has 0 aromatic heterocycles. The highest BCUT2D eigenvalue weighted by Crippen LogP contribution is 2.26. The number of hydrogen-bond acceptors (Lipinski definition) is 3. The first-order valence-electron chi connectivity index (χ1n) is 5.45. The predicted octanol–water partition coefficient (Wildman–Crippen LogP) is 2.89. The van der Waals surface area contributed by atoms with Crippen molar-refractivity contribution in [3.05, 3.63) is 22.7 Å². The van der Waals surface area contributed by atoms with Gasteiger partial charge in [0.05, 0.1) is 11.7 Å². The number of nitrogens with one attached hydrogen (secondary N) is 1. The summed E-state index contributed by atoms with van der Waals surface area (Å²) in [5.41, 5.74) is 6.11. The number of amides is 1. The number of aromatic hydroxyl groups is 1. The summed E-state index contributed by atoms with van der Waals surface area (Å²) < 4.78 is 0.781. The minimum atomic E-state index is -0.562. The number of nitrogens with two attached hydrogens (primary N) is 1. The molecule has 0 saturated heterocycles. The first-order valence-corrected chi connectivity index (χ1v) is 6.24. The third kappa shape index (κ3) is 5.25. The van der Waals surface area contributed by atoms with Crippen molar-refractivity contribution >= 4 is 39.9 Å². The van der Waals surface area contributed by atoms with Gasteiger partial charge in [-0.25, -0.2) is 0 Å². The molecule has 4 nitrogen and oxygen atoms in total. The van der Waals surface area contributed by atoms with E-state index in [1.807, 2.05) is 13.8 Å². The number of carbonyl (C=O) groups is 1. The Bertz CT molecular complexity index is 413. The minimum absolute atomic E-state index is 0. The molecule has 0 aliphatic carbocycles. The molecule has 0 heterocycles. The standard InChI is InChI=1S/C12H17BrN2O2.ClH/c1-7(2)5-9(14)12(17)15-10-6-8(13)3-4-11(10)16;/h3-4,6-7,9,16H,5,14H2,1-2H3,(H,15,17);1H/t9-;/m0./s1. The van der Waals surface area contributed by atoms with Gasteiger partial charge in [0.25, 0.3) is 0 Å². The number of carbonyl (C=O) groups excluding carboxylic acids is 1. The van der Waals surface area contributed by atoms with Crippen LogP contribution >= 0.6 is 28.3 Å². The zero-order valence-corrected chi connectivity index (χ0v) is 12.7. The molecular formula is C12H18BrClN2O2. The van der Waals surface area contributed by atoms with E-state index in [4.69, 9.17) is 5.73 Å². The SMILES string of the molecule is CC(C)C[C@H](N)C(=O)Nc1cc(Br)ccc1O.Cl. The number of benzene rings is 1. The van der Waals surface area contributed by atoms with Crippen LogP contribution in [-0.2, 0) is 4.79 Å². The van der Waals surface area contributed by atoms with Crippen LogP contribution in [0, 0.1) is 5.92 Å². The van der Waals surface area contributed by atoms with Crippen molar-refractivity contribution < 1.29 is 9.90 Å². The number of phenols is 1. The second-order valence-corrected chi connectivity index (χ2v) is 5.30. The maximum Gasteiger partial charge on any atom is 0.241 e. The Morgan fingerprint density at radius 1 is 1.50 bits per heavy atom. The molecule has 1 aromatic rings. The second kappa shape index (κ2) is 7.61. The van der Waals surface area contributed by atoms with Crippen LogP contribution in [0.4, 0.5) is 5.69 Å². The van der Waals surface area contributed by atoms with Gasteiger partial charge in [-0.05, 0) is 30.5 Å². The van der Waals surface area contributed by atoms with Crippen molar-refractivity contribution in [1.82, 2.24) is 0 Å². The summed E-state index contributed by atoms with van der Waals surface area (Å²) in [5, 5.41) is 12.2. The summed E-state index contributed by atoms with van der Waals surface area (Å²) in [6.45, 7) is 4.01. The summed E-state index contributed by atoms with van der Waals surface area (Å²) >= 11 is 3.27. The van der Waals surface area contributed by atoms with Gasteiger partial charge in [0, 0.05) is 4.47 Å². The Morgan fingerprint density at radius 3 is 2.67 bits per heavy atom. The van der Waals surface area contributed by atoms with Crippen molar-refractivity contribution in [2.75, 3.05) is 5.32 Å². The summed E-state index contributed by atoms with van der Waals surface area (Å²) in [4.78, 5) is 11.7. The molecule has 102 valence electrons. The van der Waals surface area contributed by atoms with Crippen LogP contribution in [0.15, 0.2) is 22.7 Å². The highest BCUT2D eigenvalue weighted by molar-refractivity contribution is 9.10. The Labute approximate surface area is 121 Å². The summed E-state index contributed by atoms with van der Waals surface area (Å²) in [5.74, 6) is 0.0947. The lowest BCUT2D eigenvalue weighted by molar-refractivity contribution is -0.117. The maximum absolute atomic E-state index is 11.7. The van der Waals surface area contributed by atoms with Crippen LogP contribution in [-0.4, -0.2) is 17.1 Å². The van der Waals surface area contributed by atoms with Crippen molar-refractivity contribution in [3.8, 4) is 5.75 Å². The Balaban J connectivity index is 0.00000289. The van der Waals surface area contributed by atoms with Crippen LogP contribution in [0.3, 0.4) is 0 Å². The van der Waals surface area contributed by atoms with Crippen LogP contribution in [0.2, 0.25) is 0 Å². The zero-order valence-electron chi connectivity index (χ0n) is 10.3. The van der Waals surface area contributed by atoms with Crippen molar-refractivity contribution in [2.45, 2.75) is 26.3 Å². The molecule has 0 fully saturated rings. The molecule has 18 heavy (non-hydrogen) atoms. The number of halogens is 2. The Morgan fingerprint density at radius 2 is 2.11 bits per heavy atom. The average molecular weight is 338 g/mol. The minimum Gasteiger partial charge on any atom is -0.506 e. The zero-order chi connectivity index (χ0) is 13.0. The lowest BCUT2D eigenvalue weighted by atomic mass is 10.0. The third-order valence-corrected chi connectivity index (χ3v) is 2.77. The largest absolute Gasteiger partial charge is 0.506 e. The van der Waals surface area contributed by atoms with E-state index in [-0.39, 0.29) is 24.1 Å². The Hall–Kier alpha value is -0.780. The number of anilines is 1. The van der Waals surface area contributed by atoms with E-state index >= 15 is 0 Å². The van der Waals surface area contributed by atoms with Gasteiger partial charge in [-0.1, -0.05) is 29.8 Å². The van der Waals surface area contributed by atoms with Crippen molar-refractivity contribution in [2.24, 2.45) is 11.7 Å². The van der Waals surface area contributed by atoms with E-state index in [9.17, 15) is 9.90 Å². The molecule has 0 aliphatic rings. The predicted molar refractivity (Wildman–Crippen MR) is 79.1 cm³/mol. The van der Waals surface area contributed by atoms with Gasteiger partial charge >= 0.3 is 0 Å². The molecule has 1 aromatic carbocycles. The van der Waals surface area contributed by atoms with E-state index in [1.54, 1.807) is 12.1 Å². The van der Waals surface area contributed by atoms with Crippen LogP contribution in [0.25, 0.3) is 0 Å². The fourth-order valence-electron chi connectivity index (χ4n) is 1.45. The molecule has 0 radical (unpaired) electrons. The van der Waals surface area contributed by atoms with Gasteiger partial charge in [0.15, 0.2) is 0 Å². The molecule has 0 spiro atoms. The Kier molecular flexibility index (Phi) is 7.28. The quantitative estimate of drug-likeness (QED) is 0.740. The molecule has 0 saturated carbocycles. The van der Waals surface area contributed by atoms with E-state index in [0.29, 0.717) is 18.0 Å². The summed E-state index contributed by atoms with van der Waals surface area (Å²) in [6, 6.07) is 4.27. The smallest absolute Gasteiger partial charge is 0.241 e. The van der Waals surface area contributed by atoms with Gasteiger partial charge in [-0.15, -0.1) is 12.4 Å². The molecule has 4 N–H and O–H groups in total. The first-order chi connectivity index (χ1) is 7.90. The van der Waals surface area contributed by atoms with Crippen molar-refractivity contribution in [1.29, 1.82) is 0 Å². The highest BCUT2D eigenvalue weighted by atomic mass is 79.9. The third-order valence-electron chi connectivity index (χ3n) is 2.28. The van der Waals surface area contributed by atoms with Gasteiger partial charge in [0.2, 0.25) is 5.91 Å². The number of rotatable bonds is 4. The molecule has 1 atom stereocenters. The summed E-state index contributed by atoms with van der Waals surface area (Å²) in [7, 11) is 0. The van der Waals surface area contributed by atoms with Crippen LogP contribution in [0.5, 0.6) is 5.75 Å². The van der Waals surface area contributed by atoms with E-state index in [1.165, 1.54) is 6.07 Å². The average Bonchev–Trinajstić information content (AvgIpc) is 2.22. The van der Waals surface area contributed by atoms with Crippen molar-refractivity contribution in [3.63, 3.8) is 0 Å². The number of phenolic OH excluding ortho intramolecular Hbond substituents is 1. The molecule has 1 amide bonds. The van der Waals surface area contributed by atoms with Gasteiger partial charge in [-0.2, -0.15) is 0 Å². The highest BCUT2D eigenvalue weighted by Gasteiger charge is 2.16. The van der Waals surface area contributed by atoms with Gasteiger partial charge in [-0.3, -0.25) is 4.79 Å². The fourth-order valence-corrected chi connectivity index (χ4v) is 1.81. The van der Waals surface area contributed by atoms with Gasteiger partial charge < -0.3 is 16.2 Å². The summed E-state index contributed by atoms with van der Waals surface area (Å²) in [6.07, 6.45) is 0.612. The van der Waals surface area contributed by atoms with E-state index in [2.05, 4.69) is 21.2 Å². The molecule has 1 rings (SSSR count). The normalized spacial score (nSPS) is 11.8. The molecular weight excluding hydrogens is 320 g/mol. The number of hydrogen-bond donors (Lipinski definition) is 3. The van der Waals surface area contributed by atoms with E-state index < -0.39 is 6.04 Å². The topological polar surface area (TPSA) is 75.4 Å².